The van der Waals surface area contributed by atoms with Crippen LogP contribution in [0.4, 0.5) is 0 Å². The smallest absolute Gasteiger partial charge is 0.249 e. The highest BCUT2D eigenvalue weighted by atomic mass is 16.2. The number of aromatic nitrogens is 1. The molecule has 1 atom stereocenters. The number of pyridine rings is 1. The van der Waals surface area contributed by atoms with Gasteiger partial charge in [0, 0.05) is 11.9 Å². The second-order valence-corrected chi connectivity index (χ2v) is 3.73. The molecule has 2 N–H and O–H groups in total. The van der Waals surface area contributed by atoms with Gasteiger partial charge in [0.1, 0.15) is 6.04 Å². The predicted octanol–water partition coefficient (Wildman–Crippen LogP) is -0.845. The normalized spacial score (nSPS) is 18.9. The highest BCUT2D eigenvalue weighted by Gasteiger charge is 2.31. The lowest BCUT2D eigenvalue weighted by Crippen LogP contribution is -2.40. The summed E-state index contributed by atoms with van der Waals surface area (Å²) in [6, 6.07) is 4.50. The Hall–Kier alpha value is -2.24. The maximum Gasteiger partial charge on any atom is 0.249 e. The Morgan fingerprint density at radius 1 is 1.47 bits per heavy atom. The molecule has 17 heavy (non-hydrogen) atoms. The SMILES string of the molecule is O=C1CC(NC(=O)Cc2ccccn2)C(=O)N1. The van der Waals surface area contributed by atoms with E-state index in [1.807, 2.05) is 0 Å². The van der Waals surface area contributed by atoms with E-state index in [9.17, 15) is 14.4 Å². The second-order valence-electron chi connectivity index (χ2n) is 3.73. The van der Waals surface area contributed by atoms with Crippen LogP contribution in [0, 0.1) is 0 Å². The van der Waals surface area contributed by atoms with Crippen LogP contribution in [-0.4, -0.2) is 28.7 Å². The molecule has 6 heteroatoms. The van der Waals surface area contributed by atoms with Crippen molar-refractivity contribution in [3.8, 4) is 0 Å². The van der Waals surface area contributed by atoms with E-state index in [4.69, 9.17) is 0 Å². The van der Waals surface area contributed by atoms with Crippen LogP contribution in [0.15, 0.2) is 24.4 Å². The Morgan fingerprint density at radius 3 is 2.88 bits per heavy atom. The zero-order valence-electron chi connectivity index (χ0n) is 8.97. The molecule has 1 fully saturated rings. The van der Waals surface area contributed by atoms with Gasteiger partial charge in [-0.15, -0.1) is 0 Å². The molecule has 0 aromatic carbocycles. The highest BCUT2D eigenvalue weighted by Crippen LogP contribution is 2.02. The fourth-order valence-corrected chi connectivity index (χ4v) is 1.58. The summed E-state index contributed by atoms with van der Waals surface area (Å²) < 4.78 is 0. The lowest BCUT2D eigenvalue weighted by atomic mass is 10.2. The third-order valence-electron chi connectivity index (χ3n) is 2.37. The summed E-state index contributed by atoms with van der Waals surface area (Å²) in [5.74, 6) is -1.14. The van der Waals surface area contributed by atoms with Gasteiger partial charge in [-0.2, -0.15) is 0 Å². The molecule has 2 heterocycles. The van der Waals surface area contributed by atoms with Crippen LogP contribution in [0.1, 0.15) is 12.1 Å². The molecule has 3 amide bonds. The maximum absolute atomic E-state index is 11.6. The number of carbonyl (C=O) groups excluding carboxylic acids is 3. The predicted molar refractivity (Wildman–Crippen MR) is 57.6 cm³/mol. The Bertz CT molecular complexity index is 458. The van der Waals surface area contributed by atoms with Gasteiger partial charge in [0.15, 0.2) is 0 Å². The fourth-order valence-electron chi connectivity index (χ4n) is 1.58. The summed E-state index contributed by atoms with van der Waals surface area (Å²) in [6.45, 7) is 0. The molecule has 0 bridgehead atoms. The molecule has 0 radical (unpaired) electrons. The average Bonchev–Trinajstić information content (AvgIpc) is 2.58. The number of hydrogen-bond acceptors (Lipinski definition) is 4. The van der Waals surface area contributed by atoms with Crippen molar-refractivity contribution >= 4 is 17.7 Å². The first-order chi connectivity index (χ1) is 8.15. The van der Waals surface area contributed by atoms with Crippen LogP contribution in [0.3, 0.4) is 0 Å². The monoisotopic (exact) mass is 233 g/mol. The van der Waals surface area contributed by atoms with Gasteiger partial charge in [0.25, 0.3) is 0 Å². The first kappa shape index (κ1) is 11.3. The average molecular weight is 233 g/mol. The first-order valence-electron chi connectivity index (χ1n) is 5.18. The number of nitrogens with zero attached hydrogens (tertiary/aromatic N) is 1. The highest BCUT2D eigenvalue weighted by molar-refractivity contribution is 6.06. The molecule has 88 valence electrons. The molecule has 2 rings (SSSR count). The molecular weight excluding hydrogens is 222 g/mol. The van der Waals surface area contributed by atoms with Crippen molar-refractivity contribution in [2.75, 3.05) is 0 Å². The van der Waals surface area contributed by atoms with Crippen LogP contribution in [0.5, 0.6) is 0 Å². The van der Waals surface area contributed by atoms with Crippen molar-refractivity contribution in [1.29, 1.82) is 0 Å². The standard InChI is InChI=1S/C11H11N3O3/c15-9(5-7-3-1-2-4-12-7)13-8-6-10(16)14-11(8)17/h1-4,8H,5-6H2,(H,13,15)(H,14,16,17). The lowest BCUT2D eigenvalue weighted by Gasteiger charge is -2.08. The molecular formula is C11H11N3O3. The van der Waals surface area contributed by atoms with Crippen molar-refractivity contribution < 1.29 is 14.4 Å². The van der Waals surface area contributed by atoms with Gasteiger partial charge in [0.05, 0.1) is 12.8 Å². The van der Waals surface area contributed by atoms with Crippen molar-refractivity contribution in [1.82, 2.24) is 15.6 Å². The number of imide groups is 1. The Kier molecular flexibility index (Phi) is 3.13. The Balaban J connectivity index is 1.90. The Labute approximate surface area is 97.4 Å². The minimum atomic E-state index is -0.751. The number of rotatable bonds is 3. The number of nitrogens with one attached hydrogen (secondary N) is 2. The van der Waals surface area contributed by atoms with Crippen molar-refractivity contribution in [2.24, 2.45) is 0 Å². The topological polar surface area (TPSA) is 88.2 Å². The van der Waals surface area contributed by atoms with Gasteiger partial charge in [-0.3, -0.25) is 24.7 Å². The summed E-state index contributed by atoms with van der Waals surface area (Å²) >= 11 is 0. The van der Waals surface area contributed by atoms with Crippen LogP contribution in [-0.2, 0) is 20.8 Å². The van der Waals surface area contributed by atoms with Crippen LogP contribution in [0.2, 0.25) is 0 Å². The van der Waals surface area contributed by atoms with Crippen LogP contribution < -0.4 is 10.6 Å². The molecule has 1 aliphatic rings. The van der Waals surface area contributed by atoms with E-state index in [1.165, 1.54) is 0 Å². The zero-order chi connectivity index (χ0) is 12.3. The van der Waals surface area contributed by atoms with Crippen LogP contribution in [0.25, 0.3) is 0 Å². The van der Waals surface area contributed by atoms with E-state index < -0.39 is 11.9 Å². The summed E-state index contributed by atoms with van der Waals surface area (Å²) in [5.41, 5.74) is 0.620. The van der Waals surface area contributed by atoms with E-state index in [0.717, 1.165) is 0 Å². The minimum absolute atomic E-state index is 0.00674. The number of amides is 3. The van der Waals surface area contributed by atoms with E-state index in [0.29, 0.717) is 5.69 Å². The van der Waals surface area contributed by atoms with E-state index in [-0.39, 0.29) is 24.7 Å². The van der Waals surface area contributed by atoms with Gasteiger partial charge in [-0.25, -0.2) is 0 Å². The molecule has 1 saturated heterocycles. The van der Waals surface area contributed by atoms with Crippen LogP contribution >= 0.6 is 0 Å². The molecule has 1 aromatic heterocycles. The summed E-state index contributed by atoms with van der Waals surface area (Å²) in [4.78, 5) is 37.7. The molecule has 0 saturated carbocycles. The van der Waals surface area contributed by atoms with E-state index in [2.05, 4.69) is 15.6 Å². The van der Waals surface area contributed by atoms with E-state index >= 15 is 0 Å². The summed E-state index contributed by atoms with van der Waals surface area (Å²) in [5, 5.41) is 4.62. The summed E-state index contributed by atoms with van der Waals surface area (Å²) in [7, 11) is 0. The molecule has 0 spiro atoms. The quantitative estimate of drug-likeness (QED) is 0.666. The third kappa shape index (κ3) is 2.87. The largest absolute Gasteiger partial charge is 0.343 e. The van der Waals surface area contributed by atoms with Gasteiger partial charge in [0.2, 0.25) is 17.7 Å². The van der Waals surface area contributed by atoms with E-state index in [1.54, 1.807) is 24.4 Å². The molecule has 6 nitrogen and oxygen atoms in total. The first-order valence-corrected chi connectivity index (χ1v) is 5.18. The lowest BCUT2D eigenvalue weighted by molar-refractivity contribution is -0.128. The van der Waals surface area contributed by atoms with Gasteiger partial charge < -0.3 is 5.32 Å². The van der Waals surface area contributed by atoms with Crippen molar-refractivity contribution in [2.45, 2.75) is 18.9 Å². The molecule has 0 aliphatic carbocycles. The minimum Gasteiger partial charge on any atom is -0.343 e. The molecule has 1 aliphatic heterocycles. The maximum atomic E-state index is 11.6. The Morgan fingerprint density at radius 2 is 2.29 bits per heavy atom. The fraction of sp³-hybridized carbons (Fsp3) is 0.273. The van der Waals surface area contributed by atoms with Gasteiger partial charge in [-0.1, -0.05) is 6.07 Å². The van der Waals surface area contributed by atoms with Crippen molar-refractivity contribution in [3.05, 3.63) is 30.1 Å². The molecule has 1 unspecified atom stereocenters. The third-order valence-corrected chi connectivity index (χ3v) is 2.37. The molecule has 1 aromatic rings. The van der Waals surface area contributed by atoms with Gasteiger partial charge >= 0.3 is 0 Å². The van der Waals surface area contributed by atoms with Crippen molar-refractivity contribution in [3.63, 3.8) is 0 Å². The zero-order valence-corrected chi connectivity index (χ0v) is 8.97. The number of hydrogen-bond donors (Lipinski definition) is 2. The summed E-state index contributed by atoms with van der Waals surface area (Å²) in [6.07, 6.45) is 1.69. The second kappa shape index (κ2) is 4.73. The number of carbonyl (C=O) groups is 3. The van der Waals surface area contributed by atoms with Gasteiger partial charge in [-0.05, 0) is 12.1 Å².